The summed E-state index contributed by atoms with van der Waals surface area (Å²) in [6.07, 6.45) is 1.78. The first-order valence-corrected chi connectivity index (χ1v) is 4.18. The molecular formula is C8H15N3O2. The fourth-order valence-corrected chi connectivity index (χ4v) is 1.08. The van der Waals surface area contributed by atoms with Gasteiger partial charge in [-0.3, -0.25) is 0 Å². The summed E-state index contributed by atoms with van der Waals surface area (Å²) in [6, 6.07) is 0. The van der Waals surface area contributed by atoms with Gasteiger partial charge in [0.15, 0.2) is 5.96 Å². The summed E-state index contributed by atoms with van der Waals surface area (Å²) in [4.78, 5) is 3.81. The number of aliphatic hydroxyl groups excluding tert-OH is 1. The van der Waals surface area contributed by atoms with Crippen LogP contribution in [0.15, 0.2) is 16.8 Å². The van der Waals surface area contributed by atoms with Crippen molar-refractivity contribution in [2.24, 2.45) is 16.5 Å². The lowest BCUT2D eigenvalue weighted by molar-refractivity contribution is -0.00533. The van der Waals surface area contributed by atoms with Gasteiger partial charge in [-0.05, 0) is 19.4 Å². The third-order valence-corrected chi connectivity index (χ3v) is 1.88. The first-order valence-electron chi connectivity index (χ1n) is 4.18. The lowest BCUT2D eigenvalue weighted by Gasteiger charge is -2.25. The standard InChI is InChI=1S/C8H15N3O2/c1-5-7(12)3-2-6(13-5)4-11-8(9)10/h2,5,7,12H,3-4H2,1H3,(H4,9,10,11)/t5-,7-/m1/s1. The van der Waals surface area contributed by atoms with Crippen LogP contribution in [-0.2, 0) is 4.74 Å². The summed E-state index contributed by atoms with van der Waals surface area (Å²) < 4.78 is 5.34. The minimum atomic E-state index is -0.428. The Morgan fingerprint density at radius 3 is 3.00 bits per heavy atom. The molecule has 1 aliphatic rings. The van der Waals surface area contributed by atoms with Crippen LogP contribution in [0.2, 0.25) is 0 Å². The molecule has 5 nitrogen and oxygen atoms in total. The number of rotatable bonds is 2. The van der Waals surface area contributed by atoms with Crippen LogP contribution in [0.3, 0.4) is 0 Å². The van der Waals surface area contributed by atoms with E-state index in [0.717, 1.165) is 0 Å². The average Bonchev–Trinajstić information content (AvgIpc) is 2.07. The Kier molecular flexibility index (Phi) is 3.13. The van der Waals surface area contributed by atoms with Gasteiger partial charge in [0, 0.05) is 0 Å². The van der Waals surface area contributed by atoms with Gasteiger partial charge < -0.3 is 21.3 Å². The molecule has 0 saturated carbocycles. The Morgan fingerprint density at radius 2 is 2.46 bits per heavy atom. The Hall–Kier alpha value is -1.23. The van der Waals surface area contributed by atoms with Crippen LogP contribution in [0.5, 0.6) is 0 Å². The predicted octanol–water partition coefficient (Wildman–Crippen LogP) is -0.687. The summed E-state index contributed by atoms with van der Waals surface area (Å²) in [6.45, 7) is 2.16. The molecule has 0 aromatic carbocycles. The largest absolute Gasteiger partial charge is 0.491 e. The number of nitrogens with two attached hydrogens (primary N) is 2. The van der Waals surface area contributed by atoms with Gasteiger partial charge in [0.1, 0.15) is 11.9 Å². The lowest BCUT2D eigenvalue weighted by Crippen LogP contribution is -2.30. The molecule has 5 N–H and O–H groups in total. The molecule has 1 rings (SSSR count). The Morgan fingerprint density at radius 1 is 1.77 bits per heavy atom. The van der Waals surface area contributed by atoms with Crippen molar-refractivity contribution in [3.63, 3.8) is 0 Å². The van der Waals surface area contributed by atoms with E-state index < -0.39 is 6.10 Å². The Bertz CT molecular complexity index is 234. The molecular weight excluding hydrogens is 170 g/mol. The van der Waals surface area contributed by atoms with Crippen LogP contribution < -0.4 is 11.5 Å². The Balaban J connectivity index is 2.49. The molecule has 0 bridgehead atoms. The third kappa shape index (κ3) is 2.95. The van der Waals surface area contributed by atoms with Gasteiger partial charge in [0.05, 0.1) is 12.6 Å². The van der Waals surface area contributed by atoms with E-state index in [1.165, 1.54) is 0 Å². The number of guanidine groups is 1. The minimum absolute atomic E-state index is 0.0447. The van der Waals surface area contributed by atoms with Crippen LogP contribution >= 0.6 is 0 Å². The van der Waals surface area contributed by atoms with E-state index in [-0.39, 0.29) is 12.1 Å². The fourth-order valence-electron chi connectivity index (χ4n) is 1.08. The highest BCUT2D eigenvalue weighted by Crippen LogP contribution is 2.16. The second-order valence-electron chi connectivity index (χ2n) is 3.04. The average molecular weight is 185 g/mol. The van der Waals surface area contributed by atoms with E-state index in [9.17, 15) is 5.11 Å². The molecule has 1 aliphatic heterocycles. The van der Waals surface area contributed by atoms with Crippen LogP contribution in [-0.4, -0.2) is 29.8 Å². The van der Waals surface area contributed by atoms with Crippen LogP contribution in [0, 0.1) is 0 Å². The molecule has 0 aromatic rings. The van der Waals surface area contributed by atoms with Crippen LogP contribution in [0.4, 0.5) is 0 Å². The van der Waals surface area contributed by atoms with Crippen molar-refractivity contribution in [3.8, 4) is 0 Å². The summed E-state index contributed by atoms with van der Waals surface area (Å²) in [7, 11) is 0. The van der Waals surface area contributed by atoms with E-state index >= 15 is 0 Å². The monoisotopic (exact) mass is 185 g/mol. The maximum Gasteiger partial charge on any atom is 0.186 e. The molecule has 5 heteroatoms. The summed E-state index contributed by atoms with van der Waals surface area (Å²) >= 11 is 0. The second kappa shape index (κ2) is 4.13. The number of ether oxygens (including phenoxy) is 1. The van der Waals surface area contributed by atoms with Gasteiger partial charge in [-0.2, -0.15) is 0 Å². The van der Waals surface area contributed by atoms with E-state index in [1.807, 2.05) is 6.92 Å². The zero-order valence-electron chi connectivity index (χ0n) is 7.60. The summed E-state index contributed by atoms with van der Waals surface area (Å²) in [5, 5.41) is 9.32. The summed E-state index contributed by atoms with van der Waals surface area (Å²) in [5.41, 5.74) is 10.3. The quantitative estimate of drug-likeness (QED) is 0.392. The van der Waals surface area contributed by atoms with Crippen molar-refractivity contribution in [1.82, 2.24) is 0 Å². The molecule has 0 spiro atoms. The van der Waals surface area contributed by atoms with Crippen molar-refractivity contribution in [2.75, 3.05) is 6.54 Å². The molecule has 0 unspecified atom stereocenters. The molecule has 0 radical (unpaired) electrons. The molecule has 0 fully saturated rings. The lowest BCUT2D eigenvalue weighted by atomic mass is 10.1. The van der Waals surface area contributed by atoms with Crippen molar-refractivity contribution >= 4 is 5.96 Å². The van der Waals surface area contributed by atoms with E-state index in [0.29, 0.717) is 18.7 Å². The van der Waals surface area contributed by atoms with Gasteiger partial charge in [0.25, 0.3) is 0 Å². The first kappa shape index (κ1) is 9.85. The smallest absolute Gasteiger partial charge is 0.186 e. The first-order chi connectivity index (χ1) is 6.09. The number of hydrogen-bond acceptors (Lipinski definition) is 3. The molecule has 0 aromatic heterocycles. The van der Waals surface area contributed by atoms with Crippen LogP contribution in [0.1, 0.15) is 13.3 Å². The number of hydrogen-bond donors (Lipinski definition) is 3. The number of aliphatic hydroxyl groups is 1. The third-order valence-electron chi connectivity index (χ3n) is 1.88. The molecule has 1 heterocycles. The Labute approximate surface area is 77.1 Å². The van der Waals surface area contributed by atoms with Crippen molar-refractivity contribution < 1.29 is 9.84 Å². The SMILES string of the molecule is C[C@H]1OC(CN=C(N)N)=CC[C@H]1O. The maximum absolute atomic E-state index is 9.32. The highest BCUT2D eigenvalue weighted by atomic mass is 16.5. The molecule has 0 amide bonds. The minimum Gasteiger partial charge on any atom is -0.491 e. The van der Waals surface area contributed by atoms with Crippen molar-refractivity contribution in [1.29, 1.82) is 0 Å². The van der Waals surface area contributed by atoms with Gasteiger partial charge in [-0.15, -0.1) is 0 Å². The molecule has 0 aliphatic carbocycles. The molecule has 0 saturated heterocycles. The van der Waals surface area contributed by atoms with Crippen molar-refractivity contribution in [2.45, 2.75) is 25.6 Å². The van der Waals surface area contributed by atoms with Gasteiger partial charge in [-0.1, -0.05) is 0 Å². The molecule has 13 heavy (non-hydrogen) atoms. The molecule has 74 valence electrons. The van der Waals surface area contributed by atoms with E-state index in [2.05, 4.69) is 4.99 Å². The second-order valence-corrected chi connectivity index (χ2v) is 3.04. The zero-order chi connectivity index (χ0) is 9.84. The van der Waals surface area contributed by atoms with E-state index in [4.69, 9.17) is 16.2 Å². The topological polar surface area (TPSA) is 93.9 Å². The van der Waals surface area contributed by atoms with E-state index in [1.54, 1.807) is 6.08 Å². The molecule has 2 atom stereocenters. The van der Waals surface area contributed by atoms with Gasteiger partial charge in [-0.25, -0.2) is 4.99 Å². The summed E-state index contributed by atoms with van der Waals surface area (Å²) in [5.74, 6) is 0.759. The number of nitrogens with zero attached hydrogens (tertiary/aromatic N) is 1. The maximum atomic E-state index is 9.32. The van der Waals surface area contributed by atoms with Crippen LogP contribution in [0.25, 0.3) is 0 Å². The number of aliphatic imine (C=N–C) groups is 1. The highest BCUT2D eigenvalue weighted by molar-refractivity contribution is 5.75. The normalized spacial score (nSPS) is 27.4. The highest BCUT2D eigenvalue weighted by Gasteiger charge is 2.20. The zero-order valence-corrected chi connectivity index (χ0v) is 7.60. The van der Waals surface area contributed by atoms with Gasteiger partial charge >= 0.3 is 0 Å². The van der Waals surface area contributed by atoms with Crippen molar-refractivity contribution in [3.05, 3.63) is 11.8 Å². The van der Waals surface area contributed by atoms with Gasteiger partial charge in [0.2, 0.25) is 0 Å². The fraction of sp³-hybridized carbons (Fsp3) is 0.625. The predicted molar refractivity (Wildman–Crippen MR) is 49.9 cm³/mol.